The summed E-state index contributed by atoms with van der Waals surface area (Å²) in [6.07, 6.45) is 6.50. The van der Waals surface area contributed by atoms with Crippen LogP contribution in [-0.4, -0.2) is 46.3 Å². The molecule has 1 aliphatic carbocycles. The predicted octanol–water partition coefficient (Wildman–Crippen LogP) is 2.33. The van der Waals surface area contributed by atoms with Crippen LogP contribution in [0.2, 0.25) is 0 Å². The molecule has 2 unspecified atom stereocenters. The van der Waals surface area contributed by atoms with Crippen LogP contribution >= 0.6 is 0 Å². The Morgan fingerprint density at radius 2 is 1.62 bits per heavy atom. The first-order chi connectivity index (χ1) is 12.7. The van der Waals surface area contributed by atoms with Gasteiger partial charge in [-0.25, -0.2) is 9.97 Å². The molecule has 2 fully saturated rings. The molecule has 0 N–H and O–H groups in total. The lowest BCUT2D eigenvalue weighted by Crippen LogP contribution is -2.30. The Labute approximate surface area is 154 Å². The van der Waals surface area contributed by atoms with Gasteiger partial charge in [-0.1, -0.05) is 0 Å². The van der Waals surface area contributed by atoms with Gasteiger partial charge >= 0.3 is 0 Å². The first kappa shape index (κ1) is 16.0. The number of aryl methyl sites for hydroxylation is 3. The summed E-state index contributed by atoms with van der Waals surface area (Å²) in [4.78, 5) is 13.8. The normalized spacial score (nSPS) is 24.7. The molecule has 4 heterocycles. The lowest BCUT2D eigenvalue weighted by atomic mass is 9.97. The van der Waals surface area contributed by atoms with Gasteiger partial charge in [-0.05, 0) is 51.2 Å². The molecule has 0 spiro atoms. The quantitative estimate of drug-likeness (QED) is 0.829. The number of nitrogens with zero attached hydrogens (tertiary/aromatic N) is 6. The third-order valence-electron chi connectivity index (χ3n) is 6.48. The number of anilines is 2. The minimum atomic E-state index is 0.683. The molecule has 2 aliphatic heterocycles. The molecule has 6 heteroatoms. The largest absolute Gasteiger partial charge is 0.356 e. The number of fused-ring (bicyclic) bond motifs is 2. The van der Waals surface area contributed by atoms with Crippen LogP contribution in [0.1, 0.15) is 35.4 Å². The van der Waals surface area contributed by atoms with Gasteiger partial charge in [0.1, 0.15) is 12.1 Å². The summed E-state index contributed by atoms with van der Waals surface area (Å²) in [5.74, 6) is 3.57. The molecule has 2 aromatic rings. The van der Waals surface area contributed by atoms with Crippen molar-refractivity contribution in [1.29, 1.82) is 0 Å². The van der Waals surface area contributed by atoms with Gasteiger partial charge < -0.3 is 9.80 Å². The van der Waals surface area contributed by atoms with Crippen molar-refractivity contribution in [3.63, 3.8) is 0 Å². The van der Waals surface area contributed by atoms with Crippen molar-refractivity contribution in [3.8, 4) is 0 Å². The lowest BCUT2D eigenvalue weighted by Gasteiger charge is -2.25. The van der Waals surface area contributed by atoms with E-state index >= 15 is 0 Å². The van der Waals surface area contributed by atoms with E-state index in [0.29, 0.717) is 11.8 Å². The molecule has 2 atom stereocenters. The molecule has 2 saturated heterocycles. The van der Waals surface area contributed by atoms with Crippen molar-refractivity contribution in [2.24, 2.45) is 11.8 Å². The maximum absolute atomic E-state index is 4.55. The minimum Gasteiger partial charge on any atom is -0.356 e. The van der Waals surface area contributed by atoms with Crippen LogP contribution in [0.15, 0.2) is 12.4 Å². The van der Waals surface area contributed by atoms with E-state index in [1.165, 1.54) is 36.1 Å². The van der Waals surface area contributed by atoms with E-state index < -0.39 is 0 Å². The molecule has 5 rings (SSSR count). The fourth-order valence-corrected chi connectivity index (χ4v) is 4.83. The Morgan fingerprint density at radius 1 is 0.885 bits per heavy atom. The first-order valence-electron chi connectivity index (χ1n) is 9.82. The zero-order chi connectivity index (χ0) is 17.7. The smallest absolute Gasteiger partial charge is 0.151 e. The van der Waals surface area contributed by atoms with E-state index in [1.807, 2.05) is 0 Å². The molecule has 2 aromatic heterocycles. The van der Waals surface area contributed by atoms with Gasteiger partial charge in [-0.3, -0.25) is 0 Å². The highest BCUT2D eigenvalue weighted by Gasteiger charge is 2.41. The standard InChI is InChI=1S/C20H26N6/c1-13-14(2)21-12-22-20(13)26-10-16-8-25(9-17(16)11-26)19-7-15-5-3-4-6-18(15)23-24-19/h7,12,16-17H,3-6,8-11H2,1-2H3. The van der Waals surface area contributed by atoms with E-state index in [0.717, 1.165) is 49.9 Å². The highest BCUT2D eigenvalue weighted by atomic mass is 15.3. The van der Waals surface area contributed by atoms with E-state index in [1.54, 1.807) is 6.33 Å². The highest BCUT2D eigenvalue weighted by molar-refractivity contribution is 5.50. The summed E-state index contributed by atoms with van der Waals surface area (Å²) in [6, 6.07) is 2.30. The molecule has 3 aliphatic rings. The molecule has 0 radical (unpaired) electrons. The van der Waals surface area contributed by atoms with Gasteiger partial charge in [0, 0.05) is 49.3 Å². The second-order valence-electron chi connectivity index (χ2n) is 8.12. The van der Waals surface area contributed by atoms with Crippen molar-refractivity contribution in [2.45, 2.75) is 39.5 Å². The monoisotopic (exact) mass is 350 g/mol. The molecule has 0 bridgehead atoms. The molecule has 0 saturated carbocycles. The predicted molar refractivity (Wildman–Crippen MR) is 102 cm³/mol. The van der Waals surface area contributed by atoms with Gasteiger partial charge in [-0.15, -0.1) is 5.10 Å². The third-order valence-corrected chi connectivity index (χ3v) is 6.48. The van der Waals surface area contributed by atoms with E-state index in [9.17, 15) is 0 Å². The summed E-state index contributed by atoms with van der Waals surface area (Å²) in [5.41, 5.74) is 4.94. The maximum Gasteiger partial charge on any atom is 0.151 e. The Balaban J connectivity index is 1.31. The molecule has 6 nitrogen and oxygen atoms in total. The second-order valence-corrected chi connectivity index (χ2v) is 8.12. The molecular weight excluding hydrogens is 324 g/mol. The number of hydrogen-bond acceptors (Lipinski definition) is 6. The van der Waals surface area contributed by atoms with Crippen molar-refractivity contribution >= 4 is 11.6 Å². The average molecular weight is 350 g/mol. The van der Waals surface area contributed by atoms with Crippen molar-refractivity contribution in [2.75, 3.05) is 36.0 Å². The van der Waals surface area contributed by atoms with Crippen LogP contribution in [0.3, 0.4) is 0 Å². The van der Waals surface area contributed by atoms with Gasteiger partial charge in [-0.2, -0.15) is 5.10 Å². The lowest BCUT2D eigenvalue weighted by molar-refractivity contribution is 0.533. The first-order valence-corrected chi connectivity index (χ1v) is 9.82. The number of aromatic nitrogens is 4. The third kappa shape index (κ3) is 2.63. The molecule has 26 heavy (non-hydrogen) atoms. The van der Waals surface area contributed by atoms with Crippen molar-refractivity contribution in [3.05, 3.63) is 34.9 Å². The summed E-state index contributed by atoms with van der Waals surface area (Å²) in [5, 5.41) is 9.07. The second kappa shape index (κ2) is 6.18. The fraction of sp³-hybridized carbons (Fsp3) is 0.600. The summed E-state index contributed by atoms with van der Waals surface area (Å²) >= 11 is 0. The van der Waals surface area contributed by atoms with Crippen LogP contribution < -0.4 is 9.80 Å². The zero-order valence-electron chi connectivity index (χ0n) is 15.6. The maximum atomic E-state index is 4.55. The Morgan fingerprint density at radius 3 is 2.42 bits per heavy atom. The van der Waals surface area contributed by atoms with Crippen LogP contribution in [0.25, 0.3) is 0 Å². The van der Waals surface area contributed by atoms with Crippen LogP contribution in [-0.2, 0) is 12.8 Å². The van der Waals surface area contributed by atoms with E-state index in [-0.39, 0.29) is 0 Å². The van der Waals surface area contributed by atoms with Crippen molar-refractivity contribution < 1.29 is 0 Å². The van der Waals surface area contributed by atoms with Crippen molar-refractivity contribution in [1.82, 2.24) is 20.2 Å². The molecule has 0 amide bonds. The van der Waals surface area contributed by atoms with Gasteiger partial charge in [0.25, 0.3) is 0 Å². The summed E-state index contributed by atoms with van der Waals surface area (Å²) < 4.78 is 0. The summed E-state index contributed by atoms with van der Waals surface area (Å²) in [6.45, 7) is 8.52. The van der Waals surface area contributed by atoms with Gasteiger partial charge in [0.05, 0.1) is 5.69 Å². The average Bonchev–Trinajstić information content (AvgIpc) is 3.23. The van der Waals surface area contributed by atoms with Gasteiger partial charge in [0.15, 0.2) is 5.82 Å². The van der Waals surface area contributed by atoms with Gasteiger partial charge in [0.2, 0.25) is 0 Å². The number of hydrogen-bond donors (Lipinski definition) is 0. The Hall–Kier alpha value is -2.24. The SMILES string of the molecule is Cc1ncnc(N2CC3CN(c4cc5c(nn4)CCCC5)CC3C2)c1C. The fourth-order valence-electron chi connectivity index (χ4n) is 4.83. The van der Waals surface area contributed by atoms with E-state index in [2.05, 4.69) is 49.9 Å². The Kier molecular flexibility index (Phi) is 3.80. The Bertz CT molecular complexity index is 821. The number of rotatable bonds is 2. The van der Waals surface area contributed by atoms with Crippen LogP contribution in [0.4, 0.5) is 11.6 Å². The zero-order valence-corrected chi connectivity index (χ0v) is 15.6. The van der Waals surface area contributed by atoms with Crippen LogP contribution in [0.5, 0.6) is 0 Å². The van der Waals surface area contributed by atoms with E-state index in [4.69, 9.17) is 0 Å². The molecule has 136 valence electrons. The molecule has 0 aromatic carbocycles. The topological polar surface area (TPSA) is 58.0 Å². The van der Waals surface area contributed by atoms with Crippen LogP contribution in [0, 0.1) is 25.7 Å². The summed E-state index contributed by atoms with van der Waals surface area (Å²) in [7, 11) is 0. The minimum absolute atomic E-state index is 0.683. The highest BCUT2D eigenvalue weighted by Crippen LogP contribution is 2.36. The molecular formula is C20H26N6.